The van der Waals surface area contributed by atoms with Crippen LogP contribution in [0.5, 0.6) is 0 Å². The van der Waals surface area contributed by atoms with Crippen LogP contribution in [-0.4, -0.2) is 49.3 Å². The summed E-state index contributed by atoms with van der Waals surface area (Å²) in [5.41, 5.74) is 1.95. The Balaban J connectivity index is 0.000000134. The van der Waals surface area contributed by atoms with Crippen molar-refractivity contribution in [3.63, 3.8) is 0 Å². The zero-order valence-corrected chi connectivity index (χ0v) is 46.7. The van der Waals surface area contributed by atoms with Gasteiger partial charge in [-0.25, -0.2) is 0 Å². The van der Waals surface area contributed by atoms with Crippen LogP contribution in [-0.2, 0) is 19.4 Å². The van der Waals surface area contributed by atoms with Crippen molar-refractivity contribution in [3.8, 4) is 0 Å². The summed E-state index contributed by atoms with van der Waals surface area (Å²) in [4.78, 5) is 43.4. The molecule has 2 aromatic heterocycles. The number of rotatable bonds is 9. The zero-order chi connectivity index (χ0) is 52.9. The van der Waals surface area contributed by atoms with Crippen molar-refractivity contribution in [2.75, 3.05) is 0 Å². The van der Waals surface area contributed by atoms with Gasteiger partial charge < -0.3 is 14.4 Å². The van der Waals surface area contributed by atoms with Gasteiger partial charge in [0.2, 0.25) is 0 Å². The third kappa shape index (κ3) is 12.5. The predicted molar refractivity (Wildman–Crippen MR) is 317 cm³/mol. The average Bonchev–Trinajstić information content (AvgIpc) is 3.53. The number of nitrogens with zero attached hydrogens (tertiary/aromatic N) is 3. The van der Waals surface area contributed by atoms with E-state index in [2.05, 4.69) is 34.2 Å². The van der Waals surface area contributed by atoms with Crippen LogP contribution in [0.2, 0.25) is 0 Å². The molecule has 12 aromatic rings. The van der Waals surface area contributed by atoms with Gasteiger partial charge in [-0.2, -0.15) is 0 Å². The third-order valence-corrected chi connectivity index (χ3v) is 23.6. The van der Waals surface area contributed by atoms with Gasteiger partial charge in [0, 0.05) is 23.2 Å². The molecule has 2 heterocycles. The molecule has 0 fully saturated rings. The maximum atomic E-state index is 11.6. The smallest absolute Gasteiger partial charge is 0.0964 e. The molecular weight excluding hydrogens is 1060 g/mol. The second-order valence-corrected chi connectivity index (χ2v) is 27.1. The summed E-state index contributed by atoms with van der Waals surface area (Å²) in [5.74, 6) is 0. The van der Waals surface area contributed by atoms with Crippen LogP contribution in [0.15, 0.2) is 322 Å². The summed E-state index contributed by atoms with van der Waals surface area (Å²) >= 11 is 0.950. The first kappa shape index (κ1) is 54.2. The zero-order valence-electron chi connectivity index (χ0n) is 41.7. The van der Waals surface area contributed by atoms with Gasteiger partial charge in [0.25, 0.3) is 25.0 Å². The first-order chi connectivity index (χ1) is 37.4. The largest absolute Gasteiger partial charge is 0.254 e. The van der Waals surface area contributed by atoms with E-state index in [0.29, 0.717) is 0 Å². The van der Waals surface area contributed by atoms with E-state index >= 15 is 0 Å². The molecule has 0 unspecified atom stereocenters. The van der Waals surface area contributed by atoms with Crippen molar-refractivity contribution < 1.29 is 33.8 Å². The van der Waals surface area contributed by atoms with Gasteiger partial charge in [0.15, 0.2) is 0 Å². The van der Waals surface area contributed by atoms with Crippen molar-refractivity contribution >= 4 is 93.4 Å². The van der Waals surface area contributed by atoms with E-state index in [4.69, 9.17) is 3.73 Å². The van der Waals surface area contributed by atoms with Gasteiger partial charge in [-0.05, 0) is 58.8 Å². The number of hydrogen-bond acceptors (Lipinski definition) is 6. The van der Waals surface area contributed by atoms with Gasteiger partial charge in [0.1, 0.15) is 0 Å². The maximum absolute atomic E-state index is 11.6. The summed E-state index contributed by atoms with van der Waals surface area (Å²) < 4.78 is 7.01. The van der Waals surface area contributed by atoms with E-state index in [1.54, 1.807) is 12.4 Å². The molecule has 10 heteroatoms. The SMILES string of the molecule is O[Si](c1ccccc1)(c1ccccc1)c1ccccc1.O[Si](c1ccccc1)(c1ccccc1)c1ccccc1.O[Si](c1ccccc1)(c1ccccc1)c1ccccc1.[N]#[Mo].c1cnc2c(c1)ccc1cccnc12. The predicted octanol–water partition coefficient (Wildman–Crippen LogP) is 7.73. The molecule has 0 aliphatic heterocycles. The molecule has 0 aliphatic rings. The van der Waals surface area contributed by atoms with Crippen LogP contribution < -0.4 is 46.7 Å². The van der Waals surface area contributed by atoms with Crippen molar-refractivity contribution in [1.82, 2.24) is 9.97 Å². The average molecular weight is 1120 g/mol. The number of fused-ring (bicyclic) bond motifs is 3. The summed E-state index contributed by atoms with van der Waals surface area (Å²) in [6, 6.07) is 102. The topological polar surface area (TPSA) is 110 Å². The van der Waals surface area contributed by atoms with Gasteiger partial charge in [-0.15, -0.1) is 0 Å². The standard InChI is InChI=1S/3C18H16OSi.C12H8N2.Mo.N/c3*19-20(16-10-4-1-5-11-16,17-12-6-2-7-13-17)18-14-8-3-9-15-18;1-3-9-5-6-10-4-2-8-14-12(10)11(9)13-7-1;;/h3*1-15,19H;1-8H;;. The fourth-order valence-electron chi connectivity index (χ4n) is 9.29. The van der Waals surface area contributed by atoms with Gasteiger partial charge in [0.05, 0.1) is 11.0 Å². The summed E-state index contributed by atoms with van der Waals surface area (Å²) in [5, 5.41) is 11.4. The number of benzene rings is 10. The molecule has 12 rings (SSSR count). The minimum atomic E-state index is -2.88. The molecule has 10 aromatic carbocycles. The number of hydrogen-bond donors (Lipinski definition) is 3. The Bertz CT molecular complexity index is 3000. The fourth-order valence-corrected chi connectivity index (χ4v) is 18.4. The molecule has 0 atom stereocenters. The molecule has 0 saturated heterocycles. The molecule has 0 radical (unpaired) electrons. The van der Waals surface area contributed by atoms with E-state index in [9.17, 15) is 14.4 Å². The number of pyridine rings is 2. The Hall–Kier alpha value is -8.05. The normalized spacial score (nSPS) is 10.9. The van der Waals surface area contributed by atoms with Crippen LogP contribution in [0.3, 0.4) is 0 Å². The molecule has 0 aliphatic carbocycles. The fraction of sp³-hybridized carbons (Fsp3) is 0. The molecule has 3 N–H and O–H groups in total. The minimum Gasteiger partial charge on any atom is -0.254 e. The van der Waals surface area contributed by atoms with Crippen LogP contribution in [0.25, 0.3) is 21.8 Å². The quantitative estimate of drug-likeness (QED) is 0.0777. The second-order valence-electron chi connectivity index (χ2n) is 17.6. The Morgan fingerprint density at radius 2 is 0.382 bits per heavy atom. The van der Waals surface area contributed by atoms with Crippen molar-refractivity contribution in [2.24, 2.45) is 0 Å². The monoisotopic (exact) mass is 1120 g/mol. The van der Waals surface area contributed by atoms with E-state index in [-0.39, 0.29) is 0 Å². The summed E-state index contributed by atoms with van der Waals surface area (Å²) in [6.07, 6.45) is 3.60. The molecule has 0 saturated carbocycles. The van der Waals surface area contributed by atoms with Gasteiger partial charge in [-0.3, -0.25) is 9.97 Å². The maximum Gasteiger partial charge on any atom is 0.0964 e. The van der Waals surface area contributed by atoms with E-state index < -0.39 is 25.0 Å². The third-order valence-electron chi connectivity index (χ3n) is 13.1. The van der Waals surface area contributed by atoms with Crippen LogP contribution in [0.1, 0.15) is 0 Å². The van der Waals surface area contributed by atoms with E-state index in [1.807, 2.05) is 285 Å². The van der Waals surface area contributed by atoms with Crippen LogP contribution in [0.4, 0.5) is 0 Å². The van der Waals surface area contributed by atoms with Crippen LogP contribution in [0, 0.1) is 3.73 Å². The molecule has 6 nitrogen and oxygen atoms in total. The first-order valence-corrected chi connectivity index (χ1v) is 31.6. The van der Waals surface area contributed by atoms with Crippen molar-refractivity contribution in [3.05, 3.63) is 322 Å². The van der Waals surface area contributed by atoms with Gasteiger partial charge >= 0.3 is 23.2 Å². The molecule has 0 bridgehead atoms. The van der Waals surface area contributed by atoms with Crippen molar-refractivity contribution in [2.45, 2.75) is 0 Å². The van der Waals surface area contributed by atoms with Crippen LogP contribution >= 0.6 is 0 Å². The first-order valence-electron chi connectivity index (χ1n) is 24.8. The molecule has 371 valence electrons. The van der Waals surface area contributed by atoms with E-state index in [0.717, 1.165) is 87.9 Å². The molecular formula is C66H56MoN3O3Si3. The Labute approximate surface area is 459 Å². The number of aromatic nitrogens is 2. The van der Waals surface area contributed by atoms with Crippen molar-refractivity contribution in [1.29, 1.82) is 3.73 Å². The van der Waals surface area contributed by atoms with Gasteiger partial charge in [-0.1, -0.05) is 297 Å². The Morgan fingerprint density at radius 1 is 0.224 bits per heavy atom. The summed E-state index contributed by atoms with van der Waals surface area (Å²) in [7, 11) is -8.63. The molecule has 76 heavy (non-hydrogen) atoms. The van der Waals surface area contributed by atoms with E-state index in [1.165, 1.54) is 0 Å². The Morgan fingerprint density at radius 3 is 0.539 bits per heavy atom. The summed E-state index contributed by atoms with van der Waals surface area (Å²) in [6.45, 7) is 0. The Kier molecular flexibility index (Phi) is 19.2. The second kappa shape index (κ2) is 26.9. The minimum absolute atomic E-state index is 0.950. The molecule has 0 amide bonds. The molecule has 0 spiro atoms.